The van der Waals surface area contributed by atoms with Gasteiger partial charge in [0.1, 0.15) is 23.1 Å². The maximum Gasteiger partial charge on any atom is 0.242 e. The Labute approximate surface area is 579 Å². The summed E-state index contributed by atoms with van der Waals surface area (Å²) in [5.74, 6) is -4.19. The number of Topliss-reactive ketones (excluding diaryl/α,β-unsaturated/α-hetero) is 4. The van der Waals surface area contributed by atoms with Crippen LogP contribution in [0.5, 0.6) is 0 Å². The van der Waals surface area contributed by atoms with Gasteiger partial charge in [0.2, 0.25) is 47.3 Å². The van der Waals surface area contributed by atoms with Gasteiger partial charge >= 0.3 is 0 Å². The van der Waals surface area contributed by atoms with Crippen molar-refractivity contribution in [1.82, 2.24) is 29.6 Å². The van der Waals surface area contributed by atoms with E-state index in [-0.39, 0.29) is 225 Å². The smallest absolute Gasteiger partial charge is 0.242 e. The molecule has 0 aromatic carbocycles. The van der Waals surface area contributed by atoms with Crippen LogP contribution in [0.4, 0.5) is 0 Å². The minimum Gasteiger partial charge on any atom is -0.379 e. The third kappa shape index (κ3) is 38.4. The number of hydrogen-bond donors (Lipinski definition) is 0. The highest BCUT2D eigenvalue weighted by Crippen LogP contribution is 2.33. The second kappa shape index (κ2) is 54.8. The zero-order valence-electron chi connectivity index (χ0n) is 57.7. The standard InChI is InChI=1S/C65H108N6O24S2/c1-5-52(72)13-25-84-33-41-92-45-37-88-29-21-66(22-30-89-38-46-93-42-34-85-26-14-53(73)6-2)58(76)11-19-70-60(78)9-17-68-62(80)49-56(64(68)82)96-51-97-57-50-63(81)69(65(57)83)18-10-61(79)71(70)20-12-59(77)67(23-31-90-39-47-94-43-35-86-27-15-54(74)7-3)24-32-91-40-48-95-44-36-87-28-16-55(75)8-4/h56-57H,5-51H2,1-4H3. The van der Waals surface area contributed by atoms with E-state index < -0.39 is 83.7 Å². The number of fused-ring (bicyclic) bond motifs is 4. The molecule has 2 atom stereocenters. The van der Waals surface area contributed by atoms with Crippen LogP contribution in [0.25, 0.3) is 0 Å². The summed E-state index contributed by atoms with van der Waals surface area (Å²) < 4.78 is 67.7. The van der Waals surface area contributed by atoms with Crippen LogP contribution in [0.15, 0.2) is 0 Å². The van der Waals surface area contributed by atoms with Crippen molar-refractivity contribution in [2.45, 2.75) is 128 Å². The zero-order valence-corrected chi connectivity index (χ0v) is 59.3. The second-order valence-electron chi connectivity index (χ2n) is 22.3. The molecule has 0 aliphatic carbocycles. The molecule has 0 aromatic rings. The Hall–Kier alpha value is -4.94. The molecule has 554 valence electrons. The number of amides is 8. The van der Waals surface area contributed by atoms with E-state index in [0.717, 1.165) is 43.3 Å². The van der Waals surface area contributed by atoms with Crippen molar-refractivity contribution in [2.75, 3.05) is 216 Å². The van der Waals surface area contributed by atoms with Crippen LogP contribution in [-0.2, 0) is 114 Å². The first-order chi connectivity index (χ1) is 47.0. The molecule has 2 unspecified atom stereocenters. The topological polar surface area (TPSA) is 335 Å². The molecule has 3 heterocycles. The van der Waals surface area contributed by atoms with Crippen LogP contribution in [0.1, 0.15) is 118 Å². The van der Waals surface area contributed by atoms with Gasteiger partial charge in [0.25, 0.3) is 0 Å². The largest absolute Gasteiger partial charge is 0.379 e. The third-order valence-electron chi connectivity index (χ3n) is 15.4. The molecule has 3 rings (SSSR count). The van der Waals surface area contributed by atoms with E-state index in [9.17, 15) is 57.5 Å². The Kier molecular flexibility index (Phi) is 48.8. The number of hydrazine groups is 1. The Morgan fingerprint density at radius 2 is 0.577 bits per heavy atom. The van der Waals surface area contributed by atoms with E-state index in [1.165, 1.54) is 9.80 Å². The summed E-state index contributed by atoms with van der Waals surface area (Å²) in [6, 6.07) is 0. The molecular formula is C65H108N6O24S2. The fourth-order valence-corrected chi connectivity index (χ4v) is 12.1. The molecule has 3 aliphatic heterocycles. The van der Waals surface area contributed by atoms with Crippen molar-refractivity contribution < 1.29 is 114 Å². The molecule has 32 heteroatoms. The number of ketones is 4. The molecule has 0 aromatic heterocycles. The molecule has 3 aliphatic rings. The maximum atomic E-state index is 14.9. The Morgan fingerprint density at radius 3 is 0.825 bits per heavy atom. The van der Waals surface area contributed by atoms with E-state index in [1.54, 1.807) is 27.7 Å². The Morgan fingerprint density at radius 1 is 0.340 bits per heavy atom. The third-order valence-corrected chi connectivity index (χ3v) is 18.0. The van der Waals surface area contributed by atoms with Crippen LogP contribution >= 0.6 is 23.5 Å². The van der Waals surface area contributed by atoms with Crippen molar-refractivity contribution in [2.24, 2.45) is 0 Å². The minimum atomic E-state index is -0.798. The van der Waals surface area contributed by atoms with Crippen LogP contribution in [0.2, 0.25) is 0 Å². The summed E-state index contributed by atoms with van der Waals surface area (Å²) >= 11 is 2.33. The number of hydrogen-bond acceptors (Lipinski definition) is 26. The predicted octanol–water partition coefficient (Wildman–Crippen LogP) is 2.14. The summed E-state index contributed by atoms with van der Waals surface area (Å²) in [5, 5.41) is 0.694. The van der Waals surface area contributed by atoms with Gasteiger partial charge in [-0.15, -0.1) is 23.5 Å². The van der Waals surface area contributed by atoms with Gasteiger partial charge in [-0.1, -0.05) is 27.7 Å². The lowest BCUT2D eigenvalue weighted by Crippen LogP contribution is -2.53. The van der Waals surface area contributed by atoms with E-state index in [1.807, 2.05) is 0 Å². The molecule has 30 nitrogen and oxygen atoms in total. The van der Waals surface area contributed by atoms with Gasteiger partial charge in [-0.2, -0.15) is 0 Å². The Balaban J connectivity index is 1.86. The number of imide groups is 2. The molecule has 4 bridgehead atoms. The monoisotopic (exact) mass is 1420 g/mol. The molecule has 0 saturated carbocycles. The molecule has 97 heavy (non-hydrogen) atoms. The average Bonchev–Trinajstić information content (AvgIpc) is 1.74. The fourth-order valence-electron chi connectivity index (χ4n) is 9.43. The van der Waals surface area contributed by atoms with Gasteiger partial charge in [-0.05, 0) is 0 Å². The van der Waals surface area contributed by atoms with Gasteiger partial charge in [-0.3, -0.25) is 77.4 Å². The van der Waals surface area contributed by atoms with Crippen LogP contribution < -0.4 is 0 Å². The molecule has 0 spiro atoms. The SMILES string of the molecule is CCC(=O)CCOCCOCCOCCN(CCOCCOCCOCCC(=O)CC)C(=O)CCN1C(=O)CCN2C(=O)CC(SCSC3CC(=O)N(CCC(=O)N1CCC(=O)N(CCOCCOCCOCCC(=O)CC)CCOCCOCCOCCC(=O)CC)C3=O)C2=O. The molecule has 0 N–H and O–H groups in total. The number of carbonyl (C=O) groups is 12. The van der Waals surface area contributed by atoms with Crippen LogP contribution in [-0.4, -0.2) is 327 Å². The quantitative estimate of drug-likeness (QED) is 0.0622. The van der Waals surface area contributed by atoms with Crippen molar-refractivity contribution >= 4 is 93.9 Å². The summed E-state index contributed by atoms with van der Waals surface area (Å²) in [5.41, 5.74) is 0. The molecule has 3 saturated heterocycles. The predicted molar refractivity (Wildman–Crippen MR) is 355 cm³/mol. The van der Waals surface area contributed by atoms with Crippen LogP contribution in [0.3, 0.4) is 0 Å². The van der Waals surface area contributed by atoms with E-state index >= 15 is 0 Å². The highest BCUT2D eigenvalue weighted by molar-refractivity contribution is 8.17. The lowest BCUT2D eigenvalue weighted by atomic mass is 10.2. The van der Waals surface area contributed by atoms with Gasteiger partial charge in [0.15, 0.2) is 0 Å². The summed E-state index contributed by atoms with van der Waals surface area (Å²) in [6.45, 7) is 11.0. The Bertz CT molecular complexity index is 2130. The van der Waals surface area contributed by atoms with Crippen molar-refractivity contribution in [3.8, 4) is 0 Å². The molecule has 3 fully saturated rings. The van der Waals surface area contributed by atoms with Gasteiger partial charge in [0.05, 0.1) is 182 Å². The molecule has 0 radical (unpaired) electrons. The van der Waals surface area contributed by atoms with Gasteiger partial charge in [0, 0.05) is 134 Å². The van der Waals surface area contributed by atoms with Crippen molar-refractivity contribution in [3.05, 3.63) is 0 Å². The number of carbonyl (C=O) groups excluding carboxylic acids is 12. The number of ether oxygens (including phenoxy) is 12. The van der Waals surface area contributed by atoms with Gasteiger partial charge in [-0.25, -0.2) is 0 Å². The van der Waals surface area contributed by atoms with Gasteiger partial charge < -0.3 is 66.6 Å². The molecular weight excluding hydrogens is 1310 g/mol. The highest BCUT2D eigenvalue weighted by Gasteiger charge is 2.43. The second-order valence-corrected chi connectivity index (χ2v) is 25.1. The van der Waals surface area contributed by atoms with E-state index in [2.05, 4.69) is 0 Å². The van der Waals surface area contributed by atoms with E-state index in [0.29, 0.717) is 77.8 Å². The highest BCUT2D eigenvalue weighted by atomic mass is 32.2. The number of thioether (sulfide) groups is 2. The van der Waals surface area contributed by atoms with Crippen molar-refractivity contribution in [1.29, 1.82) is 0 Å². The van der Waals surface area contributed by atoms with Crippen LogP contribution in [0, 0.1) is 0 Å². The maximum absolute atomic E-state index is 14.9. The zero-order chi connectivity index (χ0) is 70.7. The fraction of sp³-hybridized carbons (Fsp3) is 0.815. The van der Waals surface area contributed by atoms with E-state index in [4.69, 9.17) is 56.8 Å². The first kappa shape index (κ1) is 86.3. The lowest BCUT2D eigenvalue weighted by molar-refractivity contribution is -0.167. The lowest BCUT2D eigenvalue weighted by Gasteiger charge is -2.36. The summed E-state index contributed by atoms with van der Waals surface area (Å²) in [4.78, 5) is 164. The first-order valence-corrected chi connectivity index (χ1v) is 36.2. The van der Waals surface area contributed by atoms with Crippen molar-refractivity contribution in [3.63, 3.8) is 0 Å². The summed E-state index contributed by atoms with van der Waals surface area (Å²) in [7, 11) is 0. The summed E-state index contributed by atoms with van der Waals surface area (Å²) in [6.07, 6.45) is 1.03. The average molecular weight is 1420 g/mol. The molecule has 8 amide bonds. The minimum absolute atomic E-state index is 0.0602. The normalized spacial score (nSPS) is 16.5. The number of rotatable bonds is 58. The first-order valence-electron chi connectivity index (χ1n) is 34.1. The number of nitrogens with zero attached hydrogens (tertiary/aromatic N) is 6.